The maximum Gasteiger partial charge on any atom is 0.329 e. The van der Waals surface area contributed by atoms with Gasteiger partial charge in [-0.3, -0.25) is 14.1 Å². The molecule has 0 aliphatic carbocycles. The molecule has 0 atom stereocenters. The summed E-state index contributed by atoms with van der Waals surface area (Å²) in [5, 5.41) is 0.672. The summed E-state index contributed by atoms with van der Waals surface area (Å²) in [6.45, 7) is 0.739. The molecule has 0 amide bonds. The summed E-state index contributed by atoms with van der Waals surface area (Å²) in [5.41, 5.74) is 1.82. The van der Waals surface area contributed by atoms with Crippen LogP contribution in [0.4, 0.5) is 4.39 Å². The number of hydrogen-bond donors (Lipinski definition) is 0. The van der Waals surface area contributed by atoms with E-state index in [0.717, 1.165) is 5.52 Å². The largest absolute Gasteiger partial charge is 0.490 e. The maximum absolute atomic E-state index is 13.9. The topological polar surface area (TPSA) is 49.0 Å². The van der Waals surface area contributed by atoms with E-state index in [9.17, 15) is 9.18 Å². The van der Waals surface area contributed by atoms with Gasteiger partial charge in [-0.25, -0.2) is 9.18 Å². The highest BCUT2D eigenvalue weighted by Crippen LogP contribution is 2.39. The number of aryl methyl sites for hydroxylation is 1. The second kappa shape index (κ2) is 3.82. The van der Waals surface area contributed by atoms with Gasteiger partial charge in [0, 0.05) is 13.1 Å². The van der Waals surface area contributed by atoms with E-state index in [1.165, 1.54) is 6.07 Å². The second-order valence-electron chi connectivity index (χ2n) is 4.73. The minimum Gasteiger partial charge on any atom is -0.490 e. The van der Waals surface area contributed by atoms with E-state index < -0.39 is 5.82 Å². The third-order valence-electron chi connectivity index (χ3n) is 3.67. The summed E-state index contributed by atoms with van der Waals surface area (Å²) in [7, 11) is 1.70. The first-order chi connectivity index (χ1) is 9.59. The predicted octanol–water partition coefficient (Wildman–Crippen LogP) is 2.18. The first kappa shape index (κ1) is 11.9. The summed E-state index contributed by atoms with van der Waals surface area (Å²) >= 11 is 3.21. The lowest BCUT2D eigenvalue weighted by molar-refractivity contribution is 0.302. The summed E-state index contributed by atoms with van der Waals surface area (Å²) in [5.74, 6) is -0.0129. The van der Waals surface area contributed by atoms with Crippen LogP contribution in [0.3, 0.4) is 0 Å². The van der Waals surface area contributed by atoms with E-state index in [4.69, 9.17) is 4.74 Å². The monoisotopic (exact) mass is 337 g/mol. The fourth-order valence-electron chi connectivity index (χ4n) is 2.72. The second-order valence-corrected chi connectivity index (χ2v) is 5.52. The van der Waals surface area contributed by atoms with Crippen molar-refractivity contribution in [2.75, 3.05) is 6.61 Å². The molecular formula is C13H9BrFN3O2. The minimum absolute atomic E-state index is 0.119. The molecule has 1 aromatic carbocycles. The van der Waals surface area contributed by atoms with E-state index in [2.05, 4.69) is 20.9 Å². The first-order valence-electron chi connectivity index (χ1n) is 6.08. The van der Waals surface area contributed by atoms with Crippen molar-refractivity contribution < 1.29 is 9.13 Å². The Kier molecular flexibility index (Phi) is 2.27. The van der Waals surface area contributed by atoms with Gasteiger partial charge in [0.05, 0.1) is 39.2 Å². The first-order valence-corrected chi connectivity index (χ1v) is 6.87. The Labute approximate surface area is 120 Å². The Morgan fingerprint density at radius 2 is 2.30 bits per heavy atom. The van der Waals surface area contributed by atoms with Gasteiger partial charge < -0.3 is 4.74 Å². The van der Waals surface area contributed by atoms with Crippen LogP contribution in [0.25, 0.3) is 21.9 Å². The molecule has 0 fully saturated rings. The Bertz CT molecular complexity index is 945. The molecule has 0 bridgehead atoms. The van der Waals surface area contributed by atoms with Crippen LogP contribution in [0.5, 0.6) is 5.75 Å². The summed E-state index contributed by atoms with van der Waals surface area (Å²) < 4.78 is 23.0. The number of benzene rings is 1. The number of hydrogen-bond acceptors (Lipinski definition) is 3. The number of aromatic nitrogens is 3. The minimum atomic E-state index is -0.425. The molecule has 1 aliphatic heterocycles. The number of ether oxygens (including phenoxy) is 1. The third-order valence-corrected chi connectivity index (χ3v) is 4.41. The molecule has 3 aromatic rings. The van der Waals surface area contributed by atoms with Crippen LogP contribution >= 0.6 is 15.9 Å². The van der Waals surface area contributed by atoms with Crippen LogP contribution in [0.2, 0.25) is 0 Å². The molecule has 0 spiro atoms. The molecule has 0 radical (unpaired) electrons. The molecule has 1 aliphatic rings. The molecule has 0 unspecified atom stereocenters. The van der Waals surface area contributed by atoms with Crippen LogP contribution in [0, 0.1) is 5.82 Å². The molecule has 102 valence electrons. The van der Waals surface area contributed by atoms with E-state index in [1.54, 1.807) is 22.4 Å². The van der Waals surface area contributed by atoms with Crippen LogP contribution in [0.15, 0.2) is 21.5 Å². The average Bonchev–Trinajstić information content (AvgIpc) is 2.61. The van der Waals surface area contributed by atoms with E-state index in [0.29, 0.717) is 35.3 Å². The van der Waals surface area contributed by atoms with Crippen molar-refractivity contribution in [2.24, 2.45) is 7.05 Å². The molecule has 2 aromatic heterocycles. The zero-order valence-corrected chi connectivity index (χ0v) is 12.1. The van der Waals surface area contributed by atoms with E-state index in [-0.39, 0.29) is 10.2 Å². The van der Waals surface area contributed by atoms with E-state index >= 15 is 0 Å². The van der Waals surface area contributed by atoms with E-state index in [1.807, 2.05) is 0 Å². The van der Waals surface area contributed by atoms with Gasteiger partial charge in [0.1, 0.15) is 18.2 Å². The normalized spacial score (nSPS) is 13.9. The summed E-state index contributed by atoms with van der Waals surface area (Å²) in [4.78, 5) is 16.5. The lowest BCUT2D eigenvalue weighted by Gasteiger charge is -2.09. The molecule has 0 saturated carbocycles. The SMILES string of the molecule is Cn1c(=O)n2c3c4c(c(Br)c(F)cc4ncc31)OCC2. The van der Waals surface area contributed by atoms with Gasteiger partial charge in [-0.2, -0.15) is 0 Å². The standard InChI is InChI=1S/C13H9BrFN3O2/c1-17-8-5-16-7-4-6(15)10(14)12-9(7)11(8)18(13(17)19)2-3-20-12/h4-5H,2-3H2,1H3. The zero-order valence-electron chi connectivity index (χ0n) is 10.5. The Morgan fingerprint density at radius 3 is 3.10 bits per heavy atom. The van der Waals surface area contributed by atoms with Crippen molar-refractivity contribution in [3.63, 3.8) is 0 Å². The molecule has 3 heterocycles. The highest BCUT2D eigenvalue weighted by Gasteiger charge is 2.23. The fourth-order valence-corrected chi connectivity index (χ4v) is 3.15. The predicted molar refractivity (Wildman–Crippen MR) is 75.6 cm³/mol. The fraction of sp³-hybridized carbons (Fsp3) is 0.231. The Hall–Kier alpha value is -1.89. The molecule has 5 nitrogen and oxygen atoms in total. The Balaban J connectivity index is 2.38. The molecular weight excluding hydrogens is 329 g/mol. The van der Waals surface area contributed by atoms with Gasteiger partial charge in [-0.15, -0.1) is 0 Å². The highest BCUT2D eigenvalue weighted by atomic mass is 79.9. The van der Waals surface area contributed by atoms with Crippen LogP contribution < -0.4 is 10.4 Å². The number of halogens is 2. The number of pyridine rings is 1. The number of nitrogens with zero attached hydrogens (tertiary/aromatic N) is 3. The molecule has 0 saturated heterocycles. The molecule has 4 rings (SSSR count). The van der Waals surface area contributed by atoms with Gasteiger partial charge in [-0.1, -0.05) is 0 Å². The molecule has 7 heteroatoms. The van der Waals surface area contributed by atoms with Crippen LogP contribution in [-0.2, 0) is 13.6 Å². The summed E-state index contributed by atoms with van der Waals surface area (Å²) in [6.07, 6.45) is 1.60. The zero-order chi connectivity index (χ0) is 14.0. The van der Waals surface area contributed by atoms with Crippen molar-refractivity contribution in [1.82, 2.24) is 14.1 Å². The van der Waals surface area contributed by atoms with Crippen LogP contribution in [-0.4, -0.2) is 20.7 Å². The third kappa shape index (κ3) is 1.30. The van der Waals surface area contributed by atoms with Gasteiger partial charge in [0.15, 0.2) is 0 Å². The lowest BCUT2D eigenvalue weighted by atomic mass is 10.1. The average molecular weight is 338 g/mol. The van der Waals surface area contributed by atoms with Crippen LogP contribution in [0.1, 0.15) is 0 Å². The lowest BCUT2D eigenvalue weighted by Crippen LogP contribution is -2.24. The molecule has 0 N–H and O–H groups in total. The van der Waals surface area contributed by atoms with Crippen molar-refractivity contribution in [3.05, 3.63) is 33.0 Å². The van der Waals surface area contributed by atoms with Crippen molar-refractivity contribution >= 4 is 37.9 Å². The summed E-state index contributed by atoms with van der Waals surface area (Å²) in [6, 6.07) is 1.35. The van der Waals surface area contributed by atoms with Gasteiger partial charge >= 0.3 is 5.69 Å². The van der Waals surface area contributed by atoms with Crippen molar-refractivity contribution in [1.29, 1.82) is 0 Å². The van der Waals surface area contributed by atoms with Crippen molar-refractivity contribution in [2.45, 2.75) is 6.54 Å². The highest BCUT2D eigenvalue weighted by molar-refractivity contribution is 9.10. The maximum atomic E-state index is 13.9. The van der Waals surface area contributed by atoms with Gasteiger partial charge in [0.2, 0.25) is 0 Å². The Morgan fingerprint density at radius 1 is 1.50 bits per heavy atom. The quantitative estimate of drug-likeness (QED) is 0.631. The number of imidazole rings is 1. The van der Waals surface area contributed by atoms with Gasteiger partial charge in [0.25, 0.3) is 0 Å². The van der Waals surface area contributed by atoms with Gasteiger partial charge in [-0.05, 0) is 15.9 Å². The number of rotatable bonds is 0. The molecule has 20 heavy (non-hydrogen) atoms. The smallest absolute Gasteiger partial charge is 0.329 e. The van der Waals surface area contributed by atoms with Crippen molar-refractivity contribution in [3.8, 4) is 5.75 Å².